The number of phenolic OH excluding ortho intramolecular Hbond substituents is 1. The Labute approximate surface area is 310 Å². The number of halogens is 3. The number of benzene rings is 4. The van der Waals surface area contributed by atoms with Crippen molar-refractivity contribution in [2.75, 3.05) is 12.1 Å². The number of ether oxygens (including phenoxy) is 2. The number of hydrogen-bond donors (Lipinski definition) is 4. The van der Waals surface area contributed by atoms with Crippen LogP contribution in [0.25, 0.3) is 33.4 Å². The molecule has 2 unspecified atom stereocenters. The molecule has 2 aliphatic rings. The fourth-order valence-corrected chi connectivity index (χ4v) is 6.46. The third-order valence-electron chi connectivity index (χ3n) is 8.99. The van der Waals surface area contributed by atoms with Crippen molar-refractivity contribution in [3.05, 3.63) is 130 Å². The topological polar surface area (TPSA) is 168 Å². The monoisotopic (exact) mass is 751 g/mol. The molecule has 1 aliphatic carbocycles. The number of carbonyl (C=O) groups is 3. The van der Waals surface area contributed by atoms with Crippen LogP contribution in [0.5, 0.6) is 17.2 Å². The number of phenols is 1. The van der Waals surface area contributed by atoms with Crippen LogP contribution >= 0.6 is 11.6 Å². The highest BCUT2D eigenvalue weighted by Gasteiger charge is 2.72. The first kappa shape index (κ1) is 35.8. The fraction of sp³-hybridized carbons (Fsp3) is 0.125. The van der Waals surface area contributed by atoms with E-state index in [2.05, 4.69) is 15.3 Å². The van der Waals surface area contributed by atoms with Crippen LogP contribution in [0.4, 0.5) is 14.6 Å². The van der Waals surface area contributed by atoms with Gasteiger partial charge in [0.05, 0.1) is 39.0 Å². The highest BCUT2D eigenvalue weighted by Crippen LogP contribution is 2.62. The fourth-order valence-electron chi connectivity index (χ4n) is 6.19. The molecule has 272 valence electrons. The first-order chi connectivity index (χ1) is 25.8. The van der Waals surface area contributed by atoms with E-state index in [1.165, 1.54) is 42.5 Å². The summed E-state index contributed by atoms with van der Waals surface area (Å²) in [6, 6.07) is 27.0. The number of anilines is 1. The van der Waals surface area contributed by atoms with Crippen LogP contribution in [0.2, 0.25) is 5.02 Å². The van der Waals surface area contributed by atoms with E-state index in [0.717, 1.165) is 16.5 Å². The van der Waals surface area contributed by atoms with Gasteiger partial charge in [0, 0.05) is 16.5 Å². The molecular formula is C40H28ClF2N3O8. The number of hydrogen-bond acceptors (Lipinski definition) is 8. The van der Waals surface area contributed by atoms with Gasteiger partial charge in [0.25, 0.3) is 5.92 Å². The smallest absolute Gasteiger partial charge is 0.335 e. The van der Waals surface area contributed by atoms with Crippen LogP contribution in [0.3, 0.4) is 0 Å². The van der Waals surface area contributed by atoms with Crippen molar-refractivity contribution in [1.29, 1.82) is 0 Å². The van der Waals surface area contributed by atoms with Gasteiger partial charge in [-0.1, -0.05) is 48.0 Å². The first-order valence-corrected chi connectivity index (χ1v) is 16.7. The minimum absolute atomic E-state index is 0.0283. The number of carboxylic acid groups (broad SMARTS) is 2. The Morgan fingerprint density at radius 1 is 0.833 bits per heavy atom. The van der Waals surface area contributed by atoms with Crippen LogP contribution in [0.15, 0.2) is 103 Å². The van der Waals surface area contributed by atoms with Crippen LogP contribution in [-0.4, -0.2) is 55.8 Å². The predicted octanol–water partition coefficient (Wildman–Crippen LogP) is 8.43. The molecule has 0 spiro atoms. The van der Waals surface area contributed by atoms with Crippen molar-refractivity contribution in [2.24, 2.45) is 5.92 Å². The van der Waals surface area contributed by atoms with E-state index in [0.29, 0.717) is 44.6 Å². The normalized spacial score (nSPS) is 16.2. The lowest BCUT2D eigenvalue weighted by Gasteiger charge is -2.10. The summed E-state index contributed by atoms with van der Waals surface area (Å²) in [7, 11) is 0. The van der Waals surface area contributed by atoms with E-state index in [-0.39, 0.29) is 29.5 Å². The minimum Gasteiger partial charge on any atom is -0.508 e. The molecule has 14 heteroatoms. The van der Waals surface area contributed by atoms with Gasteiger partial charge in [0.2, 0.25) is 12.7 Å². The molecule has 1 aliphatic heterocycles. The van der Waals surface area contributed by atoms with Gasteiger partial charge in [-0.2, -0.15) is 0 Å². The van der Waals surface area contributed by atoms with Gasteiger partial charge in [-0.15, -0.1) is 0 Å². The van der Waals surface area contributed by atoms with E-state index >= 15 is 0 Å². The number of amides is 1. The van der Waals surface area contributed by atoms with E-state index in [9.17, 15) is 33.4 Å². The Hall–Kier alpha value is -6.60. The van der Waals surface area contributed by atoms with Gasteiger partial charge in [-0.3, -0.25) is 4.79 Å². The Morgan fingerprint density at radius 3 is 2.35 bits per heavy atom. The molecule has 0 radical (unpaired) electrons. The third kappa shape index (κ3) is 7.08. The molecule has 11 nitrogen and oxygen atoms in total. The zero-order valence-corrected chi connectivity index (χ0v) is 28.8. The zero-order valence-electron chi connectivity index (χ0n) is 28.1. The van der Waals surface area contributed by atoms with Crippen LogP contribution in [0, 0.1) is 12.8 Å². The van der Waals surface area contributed by atoms with E-state index in [4.69, 9.17) is 26.2 Å². The summed E-state index contributed by atoms with van der Waals surface area (Å²) in [6.45, 7) is 1.81. The zero-order chi connectivity index (χ0) is 38.3. The molecule has 54 heavy (non-hydrogen) atoms. The number of aromatic nitrogens is 2. The first-order valence-electron chi connectivity index (χ1n) is 16.3. The van der Waals surface area contributed by atoms with Crippen LogP contribution in [0.1, 0.15) is 37.8 Å². The molecule has 2 atom stereocenters. The second kappa shape index (κ2) is 14.1. The Bertz CT molecular complexity index is 2490. The molecule has 6 aromatic rings. The lowest BCUT2D eigenvalue weighted by Crippen LogP contribution is -2.18. The van der Waals surface area contributed by atoms with Crippen molar-refractivity contribution in [3.63, 3.8) is 0 Å². The quantitative estimate of drug-likeness (QED) is 0.124. The van der Waals surface area contributed by atoms with Crippen molar-refractivity contribution in [1.82, 2.24) is 9.97 Å². The number of aromatic hydroxyl groups is 1. The van der Waals surface area contributed by atoms with Gasteiger partial charge in [-0.05, 0) is 84.8 Å². The number of carboxylic acids is 2. The number of carbonyl (C=O) groups excluding carboxylic acids is 1. The summed E-state index contributed by atoms with van der Waals surface area (Å²) in [5, 5.41) is 31.2. The summed E-state index contributed by atoms with van der Waals surface area (Å²) >= 11 is 6.14. The molecular weight excluding hydrogens is 724 g/mol. The van der Waals surface area contributed by atoms with Crippen LogP contribution in [-0.2, 0) is 4.79 Å². The maximum absolute atomic E-state index is 14.6. The molecule has 8 rings (SSSR count). The summed E-state index contributed by atoms with van der Waals surface area (Å²) in [4.78, 5) is 43.8. The third-order valence-corrected chi connectivity index (χ3v) is 9.30. The molecule has 4 N–H and O–H groups in total. The Balaban J connectivity index is 0.000000184. The molecule has 1 amide bonds. The number of fused-ring (bicyclic) bond motifs is 2. The molecule has 4 aromatic carbocycles. The predicted molar refractivity (Wildman–Crippen MR) is 195 cm³/mol. The average molecular weight is 752 g/mol. The van der Waals surface area contributed by atoms with Crippen molar-refractivity contribution in [3.8, 4) is 39.8 Å². The summed E-state index contributed by atoms with van der Waals surface area (Å²) in [5.74, 6) is -7.83. The van der Waals surface area contributed by atoms with Crippen molar-refractivity contribution < 1.29 is 48.0 Å². The SMILES string of the molecule is Cc1ccc(NC(=O)C2C(c3ccc4c(c3)OCO4)C2(F)F)nc1-c1cccc(C(=O)O)c1.O=C(O)c1ccc(-c2ccc3cc(O)ccc3n2)c(Cl)c1. The maximum Gasteiger partial charge on any atom is 0.335 e. The van der Waals surface area contributed by atoms with Crippen LogP contribution < -0.4 is 14.8 Å². The Kier molecular flexibility index (Phi) is 9.33. The summed E-state index contributed by atoms with van der Waals surface area (Å²) in [5.41, 5.74) is 4.29. The summed E-state index contributed by atoms with van der Waals surface area (Å²) in [6.07, 6.45) is 0. The lowest BCUT2D eigenvalue weighted by atomic mass is 10.0. The average Bonchev–Trinajstić information content (AvgIpc) is 3.44. The minimum atomic E-state index is -3.21. The number of alkyl halides is 2. The molecule has 0 saturated heterocycles. The van der Waals surface area contributed by atoms with Gasteiger partial charge in [-0.25, -0.2) is 28.3 Å². The van der Waals surface area contributed by atoms with Gasteiger partial charge in [0.15, 0.2) is 11.5 Å². The lowest BCUT2D eigenvalue weighted by molar-refractivity contribution is -0.119. The number of nitrogens with one attached hydrogen (secondary N) is 1. The standard InChI is InChI=1S/C24H18F2N2O5.C16H10ClNO3/c1-12-5-8-18(27-21(12)14-3-2-4-15(9-14)23(30)31)28-22(29)20-19(24(20,25)26)13-6-7-16-17(10-13)33-11-32-16;17-13-8-10(16(20)21)1-4-12(13)15-5-2-9-7-11(19)3-6-14(9)18-15/h2-10,19-20H,11H2,1H3,(H,30,31)(H,27,28,29);1-8,19H,(H,20,21). The number of aromatic carboxylic acids is 2. The van der Waals surface area contributed by atoms with E-state index in [1.807, 2.05) is 6.07 Å². The number of rotatable bonds is 7. The van der Waals surface area contributed by atoms with E-state index in [1.54, 1.807) is 61.5 Å². The summed E-state index contributed by atoms with van der Waals surface area (Å²) < 4.78 is 39.6. The number of nitrogens with zero attached hydrogens (tertiary/aromatic N) is 2. The van der Waals surface area contributed by atoms with Crippen molar-refractivity contribution >= 4 is 46.2 Å². The van der Waals surface area contributed by atoms with Gasteiger partial charge < -0.3 is 30.1 Å². The molecule has 0 bridgehead atoms. The molecule has 2 aromatic heterocycles. The number of pyridine rings is 2. The van der Waals surface area contributed by atoms with Crippen molar-refractivity contribution in [2.45, 2.75) is 18.8 Å². The number of aryl methyl sites for hydroxylation is 1. The molecule has 1 saturated carbocycles. The largest absolute Gasteiger partial charge is 0.508 e. The van der Waals surface area contributed by atoms with E-state index < -0.39 is 35.6 Å². The molecule has 1 fully saturated rings. The second-order valence-electron chi connectivity index (χ2n) is 12.6. The Morgan fingerprint density at radius 2 is 1.59 bits per heavy atom. The molecule has 3 heterocycles. The van der Waals surface area contributed by atoms with Gasteiger partial charge >= 0.3 is 11.9 Å². The highest BCUT2D eigenvalue weighted by atomic mass is 35.5. The highest BCUT2D eigenvalue weighted by molar-refractivity contribution is 6.33. The van der Waals surface area contributed by atoms with Gasteiger partial charge in [0.1, 0.15) is 17.5 Å². The second-order valence-corrected chi connectivity index (χ2v) is 13.0. The maximum atomic E-state index is 14.6.